The number of aromatic nitrogens is 2. The summed E-state index contributed by atoms with van der Waals surface area (Å²) >= 11 is 2.90. The number of thiazole rings is 1. The topological polar surface area (TPSA) is 88.3 Å². The number of para-hydroxylation sites is 1. The van der Waals surface area contributed by atoms with Gasteiger partial charge in [-0.3, -0.25) is 14.9 Å². The first-order valence-corrected chi connectivity index (χ1v) is 10.9. The van der Waals surface area contributed by atoms with Gasteiger partial charge in [0, 0.05) is 28.6 Å². The monoisotopic (exact) mass is 424 g/mol. The Morgan fingerprint density at radius 1 is 1.24 bits per heavy atom. The highest BCUT2D eigenvalue weighted by Crippen LogP contribution is 2.29. The van der Waals surface area contributed by atoms with Gasteiger partial charge in [-0.25, -0.2) is 4.98 Å². The van der Waals surface area contributed by atoms with E-state index in [1.165, 1.54) is 22.7 Å². The van der Waals surface area contributed by atoms with Crippen LogP contribution in [-0.4, -0.2) is 33.4 Å². The molecule has 5 rings (SSSR count). The summed E-state index contributed by atoms with van der Waals surface area (Å²) in [4.78, 5) is 32.4. The number of carbonyl (C=O) groups excluding carboxylic acids is 2. The van der Waals surface area contributed by atoms with Crippen molar-refractivity contribution < 1.29 is 14.1 Å². The van der Waals surface area contributed by atoms with Gasteiger partial charge < -0.3 is 9.42 Å². The van der Waals surface area contributed by atoms with Crippen LogP contribution in [0.15, 0.2) is 45.6 Å². The van der Waals surface area contributed by atoms with Crippen LogP contribution in [0, 0.1) is 0 Å². The molecular weight excluding hydrogens is 408 g/mol. The molecule has 0 unspecified atom stereocenters. The molecular formula is C20H16N4O3S2. The number of amides is 2. The minimum atomic E-state index is -0.164. The Kier molecular flexibility index (Phi) is 4.61. The third-order valence-electron chi connectivity index (χ3n) is 4.86. The third kappa shape index (κ3) is 3.54. The summed E-state index contributed by atoms with van der Waals surface area (Å²) in [6.07, 6.45) is 0.873. The molecule has 0 saturated carbocycles. The Morgan fingerprint density at radius 2 is 2.14 bits per heavy atom. The first-order chi connectivity index (χ1) is 14.2. The van der Waals surface area contributed by atoms with Gasteiger partial charge in [0.05, 0.1) is 24.2 Å². The molecule has 1 aliphatic heterocycles. The predicted octanol–water partition coefficient (Wildman–Crippen LogP) is 3.73. The third-order valence-corrected chi connectivity index (χ3v) is 6.54. The number of hydrogen-bond acceptors (Lipinski definition) is 7. The molecule has 7 nitrogen and oxygen atoms in total. The first-order valence-electron chi connectivity index (χ1n) is 9.10. The zero-order chi connectivity index (χ0) is 19.8. The van der Waals surface area contributed by atoms with Gasteiger partial charge in [0.15, 0.2) is 10.7 Å². The van der Waals surface area contributed by atoms with Gasteiger partial charge in [0.1, 0.15) is 5.69 Å². The fourth-order valence-electron chi connectivity index (χ4n) is 3.35. The van der Waals surface area contributed by atoms with E-state index in [1.54, 1.807) is 11.4 Å². The van der Waals surface area contributed by atoms with E-state index in [-0.39, 0.29) is 18.2 Å². The van der Waals surface area contributed by atoms with Crippen LogP contribution in [0.1, 0.15) is 26.6 Å². The molecule has 3 aromatic heterocycles. The summed E-state index contributed by atoms with van der Waals surface area (Å²) in [6.45, 7) is 1.10. The molecule has 0 aliphatic carbocycles. The number of benzene rings is 1. The lowest BCUT2D eigenvalue weighted by atomic mass is 10.1. The van der Waals surface area contributed by atoms with E-state index < -0.39 is 0 Å². The van der Waals surface area contributed by atoms with Crippen LogP contribution in [0.25, 0.3) is 11.0 Å². The van der Waals surface area contributed by atoms with Gasteiger partial charge in [-0.2, -0.15) is 11.3 Å². The summed E-state index contributed by atoms with van der Waals surface area (Å²) in [5.41, 5.74) is 2.92. The molecule has 1 aliphatic rings. The van der Waals surface area contributed by atoms with E-state index in [0.29, 0.717) is 41.5 Å². The van der Waals surface area contributed by atoms with E-state index in [2.05, 4.69) is 15.5 Å². The maximum Gasteiger partial charge on any atom is 0.258 e. The summed E-state index contributed by atoms with van der Waals surface area (Å²) < 4.78 is 5.30. The second-order valence-corrected chi connectivity index (χ2v) is 8.59. The molecule has 0 spiro atoms. The Bertz CT molecular complexity index is 1200. The predicted molar refractivity (Wildman–Crippen MR) is 111 cm³/mol. The molecule has 1 aromatic carbocycles. The molecule has 29 heavy (non-hydrogen) atoms. The van der Waals surface area contributed by atoms with Crippen molar-refractivity contribution in [3.05, 3.63) is 62.9 Å². The molecule has 0 atom stereocenters. The van der Waals surface area contributed by atoms with Gasteiger partial charge >= 0.3 is 0 Å². The minimum Gasteiger partial charge on any atom is -0.356 e. The van der Waals surface area contributed by atoms with Gasteiger partial charge in [-0.15, -0.1) is 0 Å². The number of hydrogen-bond donors (Lipinski definition) is 1. The number of fused-ring (bicyclic) bond motifs is 2. The van der Waals surface area contributed by atoms with E-state index in [0.717, 1.165) is 16.0 Å². The lowest BCUT2D eigenvalue weighted by molar-refractivity contribution is -0.131. The summed E-state index contributed by atoms with van der Waals surface area (Å²) in [7, 11) is 0. The molecule has 9 heteroatoms. The largest absolute Gasteiger partial charge is 0.356 e. The second kappa shape index (κ2) is 7.41. The van der Waals surface area contributed by atoms with Crippen molar-refractivity contribution >= 4 is 50.6 Å². The molecule has 146 valence electrons. The number of anilines is 1. The number of rotatable bonds is 4. The van der Waals surface area contributed by atoms with Crippen LogP contribution in [-0.2, 0) is 24.2 Å². The van der Waals surface area contributed by atoms with Crippen LogP contribution in [0.2, 0.25) is 0 Å². The highest BCUT2D eigenvalue weighted by molar-refractivity contribution is 7.16. The van der Waals surface area contributed by atoms with E-state index in [1.807, 2.05) is 34.5 Å². The number of thiophene rings is 1. The maximum atomic E-state index is 12.8. The van der Waals surface area contributed by atoms with Gasteiger partial charge in [0.25, 0.3) is 5.91 Å². The number of nitrogens with zero attached hydrogens (tertiary/aromatic N) is 3. The summed E-state index contributed by atoms with van der Waals surface area (Å²) in [5.74, 6) is -0.157. The van der Waals surface area contributed by atoms with Crippen LogP contribution in [0.4, 0.5) is 5.13 Å². The SMILES string of the molecule is O=C(Nc1nc2c(s1)CN(C(=O)Cc1noc3ccccc13)CC2)c1ccsc1. The Balaban J connectivity index is 1.27. The molecule has 0 bridgehead atoms. The van der Waals surface area contributed by atoms with Crippen molar-refractivity contribution in [1.29, 1.82) is 0 Å². The lowest BCUT2D eigenvalue weighted by Crippen LogP contribution is -2.36. The maximum absolute atomic E-state index is 12.8. The highest BCUT2D eigenvalue weighted by Gasteiger charge is 2.26. The molecule has 2 amide bonds. The summed E-state index contributed by atoms with van der Waals surface area (Å²) in [6, 6.07) is 9.32. The van der Waals surface area contributed by atoms with Gasteiger partial charge in [-0.05, 0) is 23.6 Å². The van der Waals surface area contributed by atoms with Crippen molar-refractivity contribution in [3.63, 3.8) is 0 Å². The highest BCUT2D eigenvalue weighted by atomic mass is 32.1. The Morgan fingerprint density at radius 3 is 3.00 bits per heavy atom. The molecule has 4 heterocycles. The normalized spacial score (nSPS) is 13.4. The van der Waals surface area contributed by atoms with Crippen LogP contribution < -0.4 is 5.32 Å². The minimum absolute atomic E-state index is 0.00645. The number of nitrogens with one attached hydrogen (secondary N) is 1. The second-order valence-electron chi connectivity index (χ2n) is 6.72. The van der Waals surface area contributed by atoms with E-state index in [4.69, 9.17) is 4.52 Å². The molecule has 1 N–H and O–H groups in total. The van der Waals surface area contributed by atoms with Crippen LogP contribution in [0.5, 0.6) is 0 Å². The van der Waals surface area contributed by atoms with Crippen molar-refractivity contribution in [3.8, 4) is 0 Å². The van der Waals surface area contributed by atoms with E-state index in [9.17, 15) is 9.59 Å². The van der Waals surface area contributed by atoms with Gasteiger partial charge in [-0.1, -0.05) is 28.6 Å². The lowest BCUT2D eigenvalue weighted by Gasteiger charge is -2.25. The zero-order valence-corrected chi connectivity index (χ0v) is 16.9. The average Bonchev–Trinajstić information content (AvgIpc) is 3.47. The van der Waals surface area contributed by atoms with Gasteiger partial charge in [0.2, 0.25) is 5.91 Å². The van der Waals surface area contributed by atoms with Crippen molar-refractivity contribution in [2.45, 2.75) is 19.4 Å². The Hall–Kier alpha value is -3.04. The fraction of sp³-hybridized carbons (Fsp3) is 0.200. The fourth-order valence-corrected chi connectivity index (χ4v) is 5.00. The van der Waals surface area contributed by atoms with Crippen LogP contribution in [0.3, 0.4) is 0 Å². The molecule has 0 fully saturated rings. The zero-order valence-electron chi connectivity index (χ0n) is 15.3. The van der Waals surface area contributed by atoms with E-state index >= 15 is 0 Å². The van der Waals surface area contributed by atoms with Crippen molar-refractivity contribution in [1.82, 2.24) is 15.0 Å². The summed E-state index contributed by atoms with van der Waals surface area (Å²) in [5, 5.41) is 12.0. The van der Waals surface area contributed by atoms with Crippen molar-refractivity contribution in [2.24, 2.45) is 0 Å². The molecule has 0 radical (unpaired) electrons. The standard InChI is InChI=1S/C20H16N4O3S2/c25-18(9-15-13-3-1-2-4-16(13)27-23-15)24-7-5-14-17(10-24)29-20(21-14)22-19(26)12-6-8-28-11-12/h1-4,6,8,11H,5,7,9-10H2,(H,21,22,26). The smallest absolute Gasteiger partial charge is 0.258 e. The first kappa shape index (κ1) is 18.0. The van der Waals surface area contributed by atoms with Crippen LogP contribution >= 0.6 is 22.7 Å². The average molecular weight is 425 g/mol. The quantitative estimate of drug-likeness (QED) is 0.539. The molecule has 0 saturated heterocycles. The number of carbonyl (C=O) groups is 2. The Labute approximate surface area is 174 Å². The molecule has 4 aromatic rings. The van der Waals surface area contributed by atoms with Crippen molar-refractivity contribution in [2.75, 3.05) is 11.9 Å².